The van der Waals surface area contributed by atoms with Gasteiger partial charge in [0.05, 0.1) is 27.3 Å². The van der Waals surface area contributed by atoms with Crippen molar-refractivity contribution in [3.8, 4) is 11.5 Å². The van der Waals surface area contributed by atoms with Gasteiger partial charge in [0, 0.05) is 11.6 Å². The molecule has 1 N–H and O–H groups in total. The van der Waals surface area contributed by atoms with Crippen LogP contribution >= 0.6 is 0 Å². The summed E-state index contributed by atoms with van der Waals surface area (Å²) in [5.74, 6) is -0.0370. The highest BCUT2D eigenvalue weighted by molar-refractivity contribution is 5.43. The standard InChI is InChI=1S/C13H12F2N6O.C11H14O2/c14-10-1-2-11(12(15)3-10)13(22,4-20-8-16-6-18-20)5-21-9-17-7-19-21;1-4-5-9-6-7-10(12-2)11(8-9)13-3/h1-3,6-9,22H,4-5H2;4,6-8H,1,5H2,2-3H3. The number of halogens is 2. The number of methoxy groups -OCH3 is 2. The third-order valence-electron chi connectivity index (χ3n) is 5.04. The molecule has 4 aromatic rings. The molecular formula is C24H26F2N6O3. The Morgan fingerprint density at radius 3 is 2.06 bits per heavy atom. The van der Waals surface area contributed by atoms with Crippen LogP contribution in [0.3, 0.4) is 0 Å². The third-order valence-corrected chi connectivity index (χ3v) is 5.04. The third kappa shape index (κ3) is 6.70. The van der Waals surface area contributed by atoms with Gasteiger partial charge in [0.1, 0.15) is 42.5 Å². The second-order valence-corrected chi connectivity index (χ2v) is 7.52. The Morgan fingerprint density at radius 1 is 0.943 bits per heavy atom. The van der Waals surface area contributed by atoms with Crippen LogP contribution in [0.2, 0.25) is 0 Å². The Kier molecular flexibility index (Phi) is 8.63. The van der Waals surface area contributed by atoms with Crippen molar-refractivity contribution in [1.29, 1.82) is 0 Å². The first kappa shape index (κ1) is 25.5. The minimum Gasteiger partial charge on any atom is -0.493 e. The van der Waals surface area contributed by atoms with E-state index in [2.05, 4.69) is 26.7 Å². The molecule has 9 nitrogen and oxygen atoms in total. The Balaban J connectivity index is 0.000000225. The van der Waals surface area contributed by atoms with Gasteiger partial charge in [0.25, 0.3) is 0 Å². The molecule has 0 unspecified atom stereocenters. The van der Waals surface area contributed by atoms with E-state index in [4.69, 9.17) is 9.47 Å². The van der Waals surface area contributed by atoms with Gasteiger partial charge in [-0.15, -0.1) is 6.58 Å². The van der Waals surface area contributed by atoms with Crippen molar-refractivity contribution in [2.24, 2.45) is 0 Å². The number of rotatable bonds is 9. The summed E-state index contributed by atoms with van der Waals surface area (Å²) in [5, 5.41) is 18.8. The van der Waals surface area contributed by atoms with Gasteiger partial charge < -0.3 is 14.6 Å². The van der Waals surface area contributed by atoms with Crippen LogP contribution in [-0.4, -0.2) is 48.9 Å². The van der Waals surface area contributed by atoms with Crippen molar-refractivity contribution in [2.75, 3.05) is 14.2 Å². The molecule has 35 heavy (non-hydrogen) atoms. The lowest BCUT2D eigenvalue weighted by molar-refractivity contribution is -0.00855. The number of hydrogen-bond donors (Lipinski definition) is 1. The van der Waals surface area contributed by atoms with Gasteiger partial charge in [-0.3, -0.25) is 0 Å². The van der Waals surface area contributed by atoms with Crippen LogP contribution in [0.4, 0.5) is 8.78 Å². The monoisotopic (exact) mass is 484 g/mol. The maximum Gasteiger partial charge on any atom is 0.160 e. The molecule has 0 spiro atoms. The van der Waals surface area contributed by atoms with Crippen molar-refractivity contribution in [3.05, 3.63) is 97.1 Å². The highest BCUT2D eigenvalue weighted by Gasteiger charge is 2.34. The van der Waals surface area contributed by atoms with Crippen LogP contribution in [0.15, 0.2) is 74.4 Å². The van der Waals surface area contributed by atoms with Crippen molar-refractivity contribution in [2.45, 2.75) is 25.1 Å². The molecule has 0 aliphatic heterocycles. The van der Waals surface area contributed by atoms with E-state index in [9.17, 15) is 13.9 Å². The Labute approximate surface area is 201 Å². The SMILES string of the molecule is C=CCc1ccc(OC)c(OC)c1.OC(Cn1cncn1)(Cn1cncn1)c1ccc(F)cc1F. The largest absolute Gasteiger partial charge is 0.493 e. The molecule has 0 atom stereocenters. The topological polar surface area (TPSA) is 100 Å². The molecule has 0 aliphatic carbocycles. The van der Waals surface area contributed by atoms with Crippen LogP contribution in [-0.2, 0) is 25.1 Å². The maximum absolute atomic E-state index is 14.1. The molecule has 0 amide bonds. The van der Waals surface area contributed by atoms with E-state index < -0.39 is 17.2 Å². The predicted octanol–water partition coefficient (Wildman–Crippen LogP) is 3.17. The number of allylic oxidation sites excluding steroid dienone is 1. The Bertz CT molecular complexity index is 1180. The van der Waals surface area contributed by atoms with Crippen molar-refractivity contribution in [3.63, 3.8) is 0 Å². The molecule has 2 aromatic heterocycles. The summed E-state index contributed by atoms with van der Waals surface area (Å²) in [6.07, 6.45) is 8.11. The Hall–Kier alpha value is -4.12. The zero-order valence-corrected chi connectivity index (χ0v) is 19.4. The first-order valence-electron chi connectivity index (χ1n) is 10.5. The summed E-state index contributed by atoms with van der Waals surface area (Å²) in [6, 6.07) is 8.88. The average molecular weight is 485 g/mol. The van der Waals surface area contributed by atoms with Crippen LogP contribution < -0.4 is 9.47 Å². The van der Waals surface area contributed by atoms with E-state index in [1.807, 2.05) is 24.3 Å². The summed E-state index contributed by atoms with van der Waals surface area (Å²) in [4.78, 5) is 7.57. The fourth-order valence-corrected chi connectivity index (χ4v) is 3.43. The van der Waals surface area contributed by atoms with Crippen LogP contribution in [0, 0.1) is 11.6 Å². The average Bonchev–Trinajstić information content (AvgIpc) is 3.54. The number of ether oxygens (including phenoxy) is 2. The van der Waals surface area contributed by atoms with E-state index in [1.165, 1.54) is 46.3 Å². The van der Waals surface area contributed by atoms with Crippen molar-refractivity contribution < 1.29 is 23.4 Å². The van der Waals surface area contributed by atoms with E-state index in [1.54, 1.807) is 14.2 Å². The van der Waals surface area contributed by atoms with Crippen molar-refractivity contribution >= 4 is 0 Å². The fourth-order valence-electron chi connectivity index (χ4n) is 3.43. The van der Waals surface area contributed by atoms with Gasteiger partial charge in [0.2, 0.25) is 0 Å². The van der Waals surface area contributed by atoms with Gasteiger partial charge >= 0.3 is 0 Å². The summed E-state index contributed by atoms with van der Waals surface area (Å²) in [7, 11) is 3.26. The molecule has 11 heteroatoms. The molecule has 0 aliphatic rings. The molecule has 2 aromatic carbocycles. The van der Waals surface area contributed by atoms with E-state index in [0.717, 1.165) is 30.1 Å². The summed E-state index contributed by atoms with van der Waals surface area (Å²) >= 11 is 0. The normalized spacial score (nSPS) is 10.9. The lowest BCUT2D eigenvalue weighted by Gasteiger charge is -2.28. The van der Waals surface area contributed by atoms with Gasteiger partial charge in [-0.25, -0.2) is 28.1 Å². The molecule has 0 saturated heterocycles. The summed E-state index contributed by atoms with van der Waals surface area (Å²) < 4.78 is 40.2. The van der Waals surface area contributed by atoms with E-state index in [0.29, 0.717) is 0 Å². The number of nitrogens with zero attached hydrogens (tertiary/aromatic N) is 6. The van der Waals surface area contributed by atoms with Crippen LogP contribution in [0.5, 0.6) is 11.5 Å². The summed E-state index contributed by atoms with van der Waals surface area (Å²) in [5.41, 5.74) is -0.577. The zero-order valence-electron chi connectivity index (χ0n) is 19.4. The number of aromatic nitrogens is 6. The first-order chi connectivity index (χ1) is 16.9. The van der Waals surface area contributed by atoms with Crippen LogP contribution in [0.1, 0.15) is 11.1 Å². The van der Waals surface area contributed by atoms with Crippen LogP contribution in [0.25, 0.3) is 0 Å². The van der Waals surface area contributed by atoms with Gasteiger partial charge in [-0.2, -0.15) is 10.2 Å². The second kappa shape index (κ2) is 11.8. The lowest BCUT2D eigenvalue weighted by atomic mass is 9.93. The first-order valence-corrected chi connectivity index (χ1v) is 10.5. The highest BCUT2D eigenvalue weighted by Crippen LogP contribution is 2.29. The molecule has 0 bridgehead atoms. The fraction of sp³-hybridized carbons (Fsp3) is 0.250. The number of aliphatic hydroxyl groups is 1. The molecule has 0 fully saturated rings. The van der Waals surface area contributed by atoms with Gasteiger partial charge in [-0.1, -0.05) is 18.2 Å². The minimum absolute atomic E-state index is 0.0556. The quantitative estimate of drug-likeness (QED) is 0.364. The van der Waals surface area contributed by atoms with Crippen molar-refractivity contribution in [1.82, 2.24) is 29.5 Å². The van der Waals surface area contributed by atoms with Gasteiger partial charge in [0.15, 0.2) is 11.5 Å². The molecule has 0 saturated carbocycles. The number of hydrogen-bond acceptors (Lipinski definition) is 7. The molecule has 184 valence electrons. The highest BCUT2D eigenvalue weighted by atomic mass is 19.1. The second-order valence-electron chi connectivity index (χ2n) is 7.52. The van der Waals surface area contributed by atoms with E-state index in [-0.39, 0.29) is 18.7 Å². The number of benzene rings is 2. The minimum atomic E-state index is -1.70. The smallest absolute Gasteiger partial charge is 0.160 e. The maximum atomic E-state index is 14.1. The summed E-state index contributed by atoms with van der Waals surface area (Å²) in [6.45, 7) is 3.53. The lowest BCUT2D eigenvalue weighted by Crippen LogP contribution is -2.37. The zero-order chi connectivity index (χ0) is 25.3. The molecule has 2 heterocycles. The Morgan fingerprint density at radius 2 is 1.57 bits per heavy atom. The van der Waals surface area contributed by atoms with Gasteiger partial charge in [-0.05, 0) is 30.2 Å². The molecule has 0 radical (unpaired) electrons. The molecular weight excluding hydrogens is 458 g/mol. The van der Waals surface area contributed by atoms with E-state index >= 15 is 0 Å². The molecule has 4 rings (SSSR count). The predicted molar refractivity (Wildman–Crippen MR) is 124 cm³/mol.